The Morgan fingerprint density at radius 3 is 2.33 bits per heavy atom. The molecule has 0 unspecified atom stereocenters. The van der Waals surface area contributed by atoms with E-state index in [1.54, 1.807) is 85.9 Å². The third-order valence-electron chi connectivity index (χ3n) is 4.55. The first-order valence-electron chi connectivity index (χ1n) is 9.96. The van der Waals surface area contributed by atoms with Crippen molar-refractivity contribution < 1.29 is 19.0 Å². The first-order chi connectivity index (χ1) is 16.0. The van der Waals surface area contributed by atoms with Crippen molar-refractivity contribution in [3.63, 3.8) is 0 Å². The molecule has 0 saturated carbocycles. The van der Waals surface area contributed by atoms with Gasteiger partial charge in [-0.3, -0.25) is 4.57 Å². The van der Waals surface area contributed by atoms with Gasteiger partial charge >= 0.3 is 6.03 Å². The molecule has 2 amide bonds. The second-order valence-electron chi connectivity index (χ2n) is 6.86. The minimum Gasteiger partial charge on any atom is -0.493 e. The zero-order valence-corrected chi connectivity index (χ0v) is 18.3. The van der Waals surface area contributed by atoms with Crippen LogP contribution in [0.3, 0.4) is 0 Å². The molecular formula is C23H22N6O4. The Morgan fingerprint density at radius 2 is 1.64 bits per heavy atom. The third-order valence-corrected chi connectivity index (χ3v) is 4.55. The molecule has 0 aliphatic heterocycles. The van der Waals surface area contributed by atoms with E-state index in [2.05, 4.69) is 25.6 Å². The first-order valence-corrected chi connectivity index (χ1v) is 9.96. The van der Waals surface area contributed by atoms with E-state index in [1.807, 2.05) is 0 Å². The van der Waals surface area contributed by atoms with E-state index in [9.17, 15) is 4.79 Å². The van der Waals surface area contributed by atoms with E-state index in [1.165, 1.54) is 7.11 Å². The van der Waals surface area contributed by atoms with Crippen LogP contribution in [0, 0.1) is 6.92 Å². The van der Waals surface area contributed by atoms with Gasteiger partial charge in [0, 0.05) is 35.9 Å². The first kappa shape index (κ1) is 21.6. The maximum Gasteiger partial charge on any atom is 0.323 e. The maximum atomic E-state index is 12.3. The molecule has 0 saturated heterocycles. The van der Waals surface area contributed by atoms with Gasteiger partial charge in [0.05, 0.1) is 14.2 Å². The van der Waals surface area contributed by atoms with Gasteiger partial charge in [-0.15, -0.1) is 0 Å². The second-order valence-corrected chi connectivity index (χ2v) is 6.86. The topological polar surface area (TPSA) is 112 Å². The van der Waals surface area contributed by atoms with Gasteiger partial charge in [-0.05, 0) is 43.3 Å². The molecule has 0 spiro atoms. The molecule has 0 fully saturated rings. The Hall–Kier alpha value is -4.60. The number of imidazole rings is 1. The molecule has 10 nitrogen and oxygen atoms in total. The lowest BCUT2D eigenvalue weighted by atomic mass is 10.2. The molecule has 4 rings (SSSR count). The zero-order valence-electron chi connectivity index (χ0n) is 18.3. The fourth-order valence-electron chi connectivity index (χ4n) is 3.04. The van der Waals surface area contributed by atoms with Crippen LogP contribution in [0.2, 0.25) is 0 Å². The van der Waals surface area contributed by atoms with Crippen LogP contribution >= 0.6 is 0 Å². The SMILES string of the molecule is COc1ccc(NC(=O)Nc2ccc(Oc3cc(-n4ccnc4)nc(C)n3)cc2)cc1OC. The predicted molar refractivity (Wildman–Crippen MR) is 123 cm³/mol. The average molecular weight is 446 g/mol. The van der Waals surface area contributed by atoms with Crippen molar-refractivity contribution in [2.75, 3.05) is 24.9 Å². The van der Waals surface area contributed by atoms with Gasteiger partial charge in [0.2, 0.25) is 5.88 Å². The zero-order chi connectivity index (χ0) is 23.2. The van der Waals surface area contributed by atoms with Crippen LogP contribution < -0.4 is 24.8 Å². The van der Waals surface area contributed by atoms with E-state index in [0.717, 1.165) is 0 Å². The molecule has 168 valence electrons. The lowest BCUT2D eigenvalue weighted by Gasteiger charge is -2.12. The summed E-state index contributed by atoms with van der Waals surface area (Å²) in [7, 11) is 3.09. The summed E-state index contributed by atoms with van der Waals surface area (Å²) in [5.74, 6) is 3.29. The van der Waals surface area contributed by atoms with Crippen LogP contribution in [0.4, 0.5) is 16.2 Å². The van der Waals surface area contributed by atoms with E-state index >= 15 is 0 Å². The van der Waals surface area contributed by atoms with Crippen LogP contribution in [0.15, 0.2) is 67.3 Å². The van der Waals surface area contributed by atoms with Crippen LogP contribution in [-0.2, 0) is 0 Å². The summed E-state index contributed by atoms with van der Waals surface area (Å²) in [4.78, 5) is 25.1. The van der Waals surface area contributed by atoms with E-state index in [4.69, 9.17) is 14.2 Å². The minimum absolute atomic E-state index is 0.396. The Kier molecular flexibility index (Phi) is 6.35. The van der Waals surface area contributed by atoms with Gasteiger partial charge in [-0.2, -0.15) is 4.98 Å². The molecular weight excluding hydrogens is 424 g/mol. The highest BCUT2D eigenvalue weighted by Gasteiger charge is 2.09. The number of amides is 2. The van der Waals surface area contributed by atoms with Gasteiger partial charge in [-0.1, -0.05) is 0 Å². The number of methoxy groups -OCH3 is 2. The number of aryl methyl sites for hydroxylation is 1. The van der Waals surface area contributed by atoms with Gasteiger partial charge in [-0.25, -0.2) is 14.8 Å². The molecule has 0 bridgehead atoms. The van der Waals surface area contributed by atoms with Gasteiger partial charge in [0.15, 0.2) is 11.5 Å². The molecule has 0 radical (unpaired) electrons. The Morgan fingerprint density at radius 1 is 0.909 bits per heavy atom. The fourth-order valence-corrected chi connectivity index (χ4v) is 3.04. The molecule has 2 aromatic heterocycles. The van der Waals surface area contributed by atoms with Crippen LogP contribution in [-0.4, -0.2) is 39.8 Å². The number of hydrogen-bond donors (Lipinski definition) is 2. The molecule has 4 aromatic rings. The minimum atomic E-state index is -0.396. The number of anilines is 2. The number of hydrogen-bond acceptors (Lipinski definition) is 7. The number of carbonyl (C=O) groups is 1. The van der Waals surface area contributed by atoms with Gasteiger partial charge < -0.3 is 24.8 Å². The molecule has 0 atom stereocenters. The lowest BCUT2D eigenvalue weighted by Crippen LogP contribution is -2.19. The highest BCUT2D eigenvalue weighted by atomic mass is 16.5. The van der Waals surface area contributed by atoms with Crippen molar-refractivity contribution in [2.24, 2.45) is 0 Å². The Labute approximate surface area is 190 Å². The molecule has 10 heteroatoms. The fraction of sp³-hybridized carbons (Fsp3) is 0.130. The highest BCUT2D eigenvalue weighted by Crippen LogP contribution is 2.30. The molecule has 33 heavy (non-hydrogen) atoms. The number of urea groups is 1. The summed E-state index contributed by atoms with van der Waals surface area (Å²) in [6.07, 6.45) is 5.11. The third kappa shape index (κ3) is 5.37. The van der Waals surface area contributed by atoms with Crippen molar-refractivity contribution in [2.45, 2.75) is 6.92 Å². The second kappa shape index (κ2) is 9.69. The lowest BCUT2D eigenvalue weighted by molar-refractivity contribution is 0.262. The van der Waals surface area contributed by atoms with E-state index in [0.29, 0.717) is 46.1 Å². The quantitative estimate of drug-likeness (QED) is 0.432. The van der Waals surface area contributed by atoms with Crippen molar-refractivity contribution in [1.29, 1.82) is 0 Å². The van der Waals surface area contributed by atoms with Crippen molar-refractivity contribution in [1.82, 2.24) is 19.5 Å². The maximum absolute atomic E-state index is 12.3. The predicted octanol–water partition coefficient (Wildman–Crippen LogP) is 4.42. The van der Waals surface area contributed by atoms with Crippen LogP contribution in [0.1, 0.15) is 5.82 Å². The monoisotopic (exact) mass is 446 g/mol. The summed E-state index contributed by atoms with van der Waals surface area (Å²) < 4.78 is 18.1. The largest absolute Gasteiger partial charge is 0.493 e. The number of benzene rings is 2. The van der Waals surface area contributed by atoms with E-state index in [-0.39, 0.29) is 0 Å². The van der Waals surface area contributed by atoms with Crippen LogP contribution in [0.25, 0.3) is 5.82 Å². The molecule has 2 N–H and O–H groups in total. The number of nitrogens with one attached hydrogen (secondary N) is 2. The average Bonchev–Trinajstić information content (AvgIpc) is 3.35. The number of rotatable bonds is 7. The summed E-state index contributed by atoms with van der Waals surface area (Å²) in [6.45, 7) is 1.79. The Balaban J connectivity index is 1.39. The van der Waals surface area contributed by atoms with Gasteiger partial charge in [0.1, 0.15) is 23.7 Å². The highest BCUT2D eigenvalue weighted by molar-refractivity contribution is 5.99. The molecule has 0 aliphatic rings. The normalized spacial score (nSPS) is 10.4. The molecule has 2 heterocycles. The number of ether oxygens (including phenoxy) is 3. The number of carbonyl (C=O) groups excluding carboxylic acids is 1. The van der Waals surface area contributed by atoms with Crippen molar-refractivity contribution in [3.05, 3.63) is 73.1 Å². The summed E-state index contributed by atoms with van der Waals surface area (Å²) in [6, 6.07) is 13.4. The summed E-state index contributed by atoms with van der Waals surface area (Å²) >= 11 is 0. The van der Waals surface area contributed by atoms with Crippen LogP contribution in [0.5, 0.6) is 23.1 Å². The summed E-state index contributed by atoms with van der Waals surface area (Å²) in [5.41, 5.74) is 1.16. The van der Waals surface area contributed by atoms with Crippen molar-refractivity contribution >= 4 is 17.4 Å². The Bertz CT molecular complexity index is 1240. The van der Waals surface area contributed by atoms with Crippen molar-refractivity contribution in [3.8, 4) is 28.9 Å². The smallest absolute Gasteiger partial charge is 0.323 e. The van der Waals surface area contributed by atoms with E-state index < -0.39 is 6.03 Å². The standard InChI is InChI=1S/C23H22N6O4/c1-15-25-21(29-11-10-24-14-29)13-22(26-15)33-18-7-4-16(5-8-18)27-23(30)28-17-6-9-19(31-2)20(12-17)32-3/h4-14H,1-3H3,(H2,27,28,30). The molecule has 2 aromatic carbocycles. The summed E-state index contributed by atoms with van der Waals surface area (Å²) in [5, 5.41) is 5.53. The van der Waals surface area contributed by atoms with Gasteiger partial charge in [0.25, 0.3) is 0 Å². The molecule has 0 aliphatic carbocycles. The number of aromatic nitrogens is 4. The number of nitrogens with zero attached hydrogens (tertiary/aromatic N) is 4.